The van der Waals surface area contributed by atoms with Gasteiger partial charge in [0.25, 0.3) is 0 Å². The first kappa shape index (κ1) is 19.4. The summed E-state index contributed by atoms with van der Waals surface area (Å²) in [6.45, 7) is 0. The van der Waals surface area contributed by atoms with Crippen LogP contribution in [0, 0.1) is 0 Å². The molecule has 10 aromatic rings. The van der Waals surface area contributed by atoms with Gasteiger partial charge in [-0.3, -0.25) is 0 Å². The number of benzene rings is 9. The lowest BCUT2D eigenvalue weighted by Crippen LogP contribution is -1.91. The van der Waals surface area contributed by atoms with E-state index in [2.05, 4.69) is 36.4 Å². The van der Waals surface area contributed by atoms with Gasteiger partial charge in [0, 0.05) is 10.8 Å². The Balaban J connectivity index is 1.17. The average molecular weight is 633 g/mol. The van der Waals surface area contributed by atoms with E-state index in [1.807, 2.05) is 78.9 Å². The van der Waals surface area contributed by atoms with E-state index in [1.54, 1.807) is 6.07 Å². The Morgan fingerprint density at radius 2 is 0.939 bits per heavy atom. The van der Waals surface area contributed by atoms with E-state index in [4.69, 9.17) is 18.1 Å². The summed E-state index contributed by atoms with van der Waals surface area (Å²) in [6, 6.07) is 36.4. The van der Waals surface area contributed by atoms with E-state index < -0.39 is 12.1 Å². The first-order valence-electron chi connectivity index (χ1n) is 21.0. The highest BCUT2D eigenvalue weighted by molar-refractivity contribution is 6.26. The van der Waals surface area contributed by atoms with Crippen molar-refractivity contribution in [2.45, 2.75) is 0 Å². The van der Waals surface area contributed by atoms with Crippen molar-refractivity contribution in [1.82, 2.24) is 0 Å². The molecule has 228 valence electrons. The van der Waals surface area contributed by atoms with Gasteiger partial charge >= 0.3 is 0 Å². The lowest BCUT2D eigenvalue weighted by molar-refractivity contribution is 0.669. The molecule has 0 amide bonds. The fraction of sp³-hybridized carbons (Fsp3) is 0. The van der Waals surface area contributed by atoms with Crippen LogP contribution in [0.1, 0.15) is 13.7 Å². The van der Waals surface area contributed by atoms with E-state index in [0.29, 0.717) is 22.3 Å². The van der Waals surface area contributed by atoms with Gasteiger partial charge in [0.1, 0.15) is 11.2 Å². The van der Waals surface area contributed by atoms with Crippen LogP contribution in [-0.4, -0.2) is 0 Å². The Morgan fingerprint density at radius 3 is 1.59 bits per heavy atom. The van der Waals surface area contributed by atoms with E-state index in [1.165, 1.54) is 0 Å². The molecule has 0 unspecified atom stereocenters. The minimum atomic E-state index is -0.427. The molecule has 1 nitrogen and oxygen atoms in total. The van der Waals surface area contributed by atoms with Gasteiger partial charge in [-0.15, -0.1) is 0 Å². The zero-order valence-corrected chi connectivity index (χ0v) is 26.0. The lowest BCUT2D eigenvalue weighted by Gasteiger charge is -2.18. The summed E-state index contributed by atoms with van der Waals surface area (Å²) in [7, 11) is 0. The van der Waals surface area contributed by atoms with Gasteiger partial charge in [-0.25, -0.2) is 0 Å². The minimum Gasteiger partial charge on any atom is -0.456 e. The van der Waals surface area contributed by atoms with Crippen LogP contribution in [0.2, 0.25) is 0 Å². The third kappa shape index (κ3) is 4.47. The Kier molecular flexibility index (Phi) is 4.39. The molecule has 9 aromatic carbocycles. The van der Waals surface area contributed by atoms with Crippen LogP contribution >= 0.6 is 0 Å². The van der Waals surface area contributed by atoms with Crippen molar-refractivity contribution in [3.05, 3.63) is 182 Å². The van der Waals surface area contributed by atoms with Crippen molar-refractivity contribution >= 4 is 54.3 Å². The average Bonchev–Trinajstić information content (AvgIpc) is 3.62. The Bertz CT molecular complexity index is 3330. The fourth-order valence-electron chi connectivity index (χ4n) is 7.25. The van der Waals surface area contributed by atoms with E-state index in [9.17, 15) is 0 Å². The fourth-order valence-corrected chi connectivity index (χ4v) is 7.25. The molecule has 0 aliphatic heterocycles. The number of hydrogen-bond acceptors (Lipinski definition) is 1. The molecule has 0 bridgehead atoms. The molecule has 0 radical (unpaired) electrons. The van der Waals surface area contributed by atoms with Crippen LogP contribution in [0.15, 0.2) is 186 Å². The normalized spacial score (nSPS) is 14.5. The lowest BCUT2D eigenvalue weighted by atomic mass is 9.84. The maximum Gasteiger partial charge on any atom is 0.136 e. The van der Waals surface area contributed by atoms with Crippen LogP contribution in [-0.2, 0) is 0 Å². The zero-order chi connectivity index (χ0) is 41.0. The van der Waals surface area contributed by atoms with Crippen molar-refractivity contribution in [2.24, 2.45) is 0 Å². The molecule has 0 atom stereocenters. The predicted octanol–water partition coefficient (Wildman–Crippen LogP) is 13.7. The second-order valence-corrected chi connectivity index (χ2v) is 12.1. The SMILES string of the molecule is [2H]c1c([2H])c([2H])c(-c2ccc(-c3c4ccccc4c(-c4cccc5oc6cc7cc(-c8c([2H])c([2H])c([2H])c([2H])c8[2H])ccc7cc6c45)c4ccccc34)cc2)c([2H])c1[2H]. The van der Waals surface area contributed by atoms with Gasteiger partial charge in [-0.05, 0) is 101 Å². The Hall–Kier alpha value is -6.44. The summed E-state index contributed by atoms with van der Waals surface area (Å²) < 4.78 is 89.4. The van der Waals surface area contributed by atoms with Gasteiger partial charge in [-0.2, -0.15) is 0 Å². The number of fused-ring (bicyclic) bond motifs is 6. The smallest absolute Gasteiger partial charge is 0.136 e. The first-order valence-corrected chi connectivity index (χ1v) is 16.0. The monoisotopic (exact) mass is 632 g/mol. The molecular formula is C48H30O. The number of hydrogen-bond donors (Lipinski definition) is 0. The molecule has 1 heterocycles. The summed E-state index contributed by atoms with van der Waals surface area (Å²) in [5.41, 5.74) is 6.69. The summed E-state index contributed by atoms with van der Waals surface area (Å²) in [6.07, 6.45) is 0. The van der Waals surface area contributed by atoms with Crippen LogP contribution in [0.4, 0.5) is 0 Å². The van der Waals surface area contributed by atoms with Crippen LogP contribution in [0.3, 0.4) is 0 Å². The molecule has 1 heteroatoms. The van der Waals surface area contributed by atoms with Crippen molar-refractivity contribution in [2.75, 3.05) is 0 Å². The minimum absolute atomic E-state index is 0.150. The molecule has 1 aromatic heterocycles. The highest BCUT2D eigenvalue weighted by atomic mass is 16.3. The second-order valence-electron chi connectivity index (χ2n) is 12.1. The zero-order valence-electron chi connectivity index (χ0n) is 36.0. The highest BCUT2D eigenvalue weighted by Crippen LogP contribution is 2.47. The largest absolute Gasteiger partial charge is 0.456 e. The van der Waals surface area contributed by atoms with Crippen LogP contribution < -0.4 is 0 Å². The molecule has 0 saturated heterocycles. The Morgan fingerprint density at radius 1 is 0.367 bits per heavy atom. The molecule has 0 spiro atoms. The van der Waals surface area contributed by atoms with Gasteiger partial charge in [0.2, 0.25) is 0 Å². The van der Waals surface area contributed by atoms with Gasteiger partial charge in [0.05, 0.1) is 13.7 Å². The second kappa shape index (κ2) is 11.1. The molecule has 0 aliphatic carbocycles. The van der Waals surface area contributed by atoms with Crippen molar-refractivity contribution in [3.8, 4) is 44.5 Å². The van der Waals surface area contributed by atoms with Crippen molar-refractivity contribution < 1.29 is 18.1 Å². The molecule has 10 rings (SSSR count). The molecular weight excluding hydrogens is 593 g/mol. The molecule has 0 aliphatic rings. The third-order valence-electron chi connectivity index (χ3n) is 9.41. The standard InChI is InChI=1S/C48H30O/c1-3-12-31(13-4-1)33-22-24-34(25-23-33)46-38-16-7-9-18-40(38)47(41-19-10-8-17-39(41)46)42-20-11-21-44-48(42)43-29-36-27-26-35(32-14-5-2-6-15-32)28-37(36)30-45(43)49-44/h1-30H/i1D,2D,3D,4D,5D,6D,12D,13D,14D,15D. The highest BCUT2D eigenvalue weighted by Gasteiger charge is 2.20. The topological polar surface area (TPSA) is 13.1 Å². The van der Waals surface area contributed by atoms with Crippen LogP contribution in [0.25, 0.3) is 98.8 Å². The van der Waals surface area contributed by atoms with Crippen molar-refractivity contribution in [3.63, 3.8) is 0 Å². The number of furan rings is 1. The Labute approximate surface area is 298 Å². The van der Waals surface area contributed by atoms with Crippen LogP contribution in [0.5, 0.6) is 0 Å². The maximum absolute atomic E-state index is 8.52. The molecule has 49 heavy (non-hydrogen) atoms. The summed E-state index contributed by atoms with van der Waals surface area (Å²) in [5, 5.41) is 7.68. The predicted molar refractivity (Wildman–Crippen MR) is 208 cm³/mol. The molecule has 0 N–H and O–H groups in total. The first-order chi connectivity index (χ1) is 28.4. The van der Waals surface area contributed by atoms with Gasteiger partial charge < -0.3 is 4.42 Å². The molecule has 0 fully saturated rings. The summed E-state index contributed by atoms with van der Waals surface area (Å²) >= 11 is 0. The van der Waals surface area contributed by atoms with Gasteiger partial charge in [0.15, 0.2) is 0 Å². The quantitative estimate of drug-likeness (QED) is 0.176. The van der Waals surface area contributed by atoms with E-state index in [0.717, 1.165) is 65.3 Å². The summed E-state index contributed by atoms with van der Waals surface area (Å²) in [4.78, 5) is 0. The van der Waals surface area contributed by atoms with E-state index in [-0.39, 0.29) is 59.5 Å². The van der Waals surface area contributed by atoms with Gasteiger partial charge in [-0.1, -0.05) is 157 Å². The number of rotatable bonds is 4. The summed E-state index contributed by atoms with van der Waals surface area (Å²) in [5.74, 6) is 0. The molecule has 0 saturated carbocycles. The maximum atomic E-state index is 8.52. The van der Waals surface area contributed by atoms with Crippen molar-refractivity contribution in [1.29, 1.82) is 0 Å². The third-order valence-corrected chi connectivity index (χ3v) is 9.41. The van der Waals surface area contributed by atoms with E-state index >= 15 is 0 Å².